The standard InChI is InChI=1S/C12H12FN3O3S/c13-8-3-1-2-4-9(8)19-7-10(18)14-12-16-15-11(20-12)5-6-17/h1-4,17H,5-7H2,(H,14,16,18). The number of amides is 1. The van der Waals surface area contributed by atoms with Gasteiger partial charge >= 0.3 is 0 Å². The van der Waals surface area contributed by atoms with Gasteiger partial charge in [-0.1, -0.05) is 23.5 Å². The van der Waals surface area contributed by atoms with Crippen LogP contribution in [0.15, 0.2) is 24.3 Å². The van der Waals surface area contributed by atoms with Crippen molar-refractivity contribution in [3.8, 4) is 5.75 Å². The molecule has 8 heteroatoms. The smallest absolute Gasteiger partial charge is 0.264 e. The van der Waals surface area contributed by atoms with E-state index in [0.29, 0.717) is 16.6 Å². The van der Waals surface area contributed by atoms with Crippen LogP contribution >= 0.6 is 11.3 Å². The van der Waals surface area contributed by atoms with E-state index in [1.54, 1.807) is 6.07 Å². The number of hydrogen-bond acceptors (Lipinski definition) is 6. The molecule has 0 spiro atoms. The molecule has 0 atom stereocenters. The van der Waals surface area contributed by atoms with Gasteiger partial charge in [-0.05, 0) is 12.1 Å². The Morgan fingerprint density at radius 1 is 1.40 bits per heavy atom. The zero-order chi connectivity index (χ0) is 14.4. The van der Waals surface area contributed by atoms with Gasteiger partial charge in [0.1, 0.15) is 5.01 Å². The molecule has 1 aromatic carbocycles. The molecular formula is C12H12FN3O3S. The zero-order valence-electron chi connectivity index (χ0n) is 10.4. The van der Waals surface area contributed by atoms with E-state index in [4.69, 9.17) is 9.84 Å². The summed E-state index contributed by atoms with van der Waals surface area (Å²) in [6, 6.07) is 5.83. The lowest BCUT2D eigenvalue weighted by atomic mass is 10.3. The fourth-order valence-electron chi connectivity index (χ4n) is 1.36. The molecule has 6 nitrogen and oxygen atoms in total. The highest BCUT2D eigenvalue weighted by molar-refractivity contribution is 7.15. The number of ether oxygens (including phenoxy) is 1. The summed E-state index contributed by atoms with van der Waals surface area (Å²) in [6.07, 6.45) is 0.388. The van der Waals surface area contributed by atoms with Crippen LogP contribution in [0, 0.1) is 5.82 Å². The van der Waals surface area contributed by atoms with E-state index < -0.39 is 11.7 Å². The molecule has 0 fully saturated rings. The van der Waals surface area contributed by atoms with Crippen LogP contribution in [0.5, 0.6) is 5.75 Å². The number of aliphatic hydroxyl groups is 1. The molecule has 1 heterocycles. The van der Waals surface area contributed by atoms with Gasteiger partial charge in [0.05, 0.1) is 0 Å². The summed E-state index contributed by atoms with van der Waals surface area (Å²) in [4.78, 5) is 11.6. The highest BCUT2D eigenvalue weighted by Crippen LogP contribution is 2.17. The van der Waals surface area contributed by atoms with Crippen LogP contribution in [-0.4, -0.2) is 34.4 Å². The van der Waals surface area contributed by atoms with Crippen molar-refractivity contribution >= 4 is 22.4 Å². The molecule has 0 radical (unpaired) electrons. The highest BCUT2D eigenvalue weighted by Gasteiger charge is 2.10. The normalized spacial score (nSPS) is 10.3. The lowest BCUT2D eigenvalue weighted by Crippen LogP contribution is -2.20. The number of hydrogen-bond donors (Lipinski definition) is 2. The van der Waals surface area contributed by atoms with E-state index >= 15 is 0 Å². The predicted molar refractivity (Wildman–Crippen MR) is 71.2 cm³/mol. The fourth-order valence-corrected chi connectivity index (χ4v) is 2.11. The first-order chi connectivity index (χ1) is 9.69. The van der Waals surface area contributed by atoms with E-state index in [1.807, 2.05) is 0 Å². The minimum atomic E-state index is -0.526. The van der Waals surface area contributed by atoms with Crippen LogP contribution in [0.3, 0.4) is 0 Å². The van der Waals surface area contributed by atoms with Gasteiger partial charge in [0.2, 0.25) is 5.13 Å². The molecule has 0 aliphatic rings. The first kappa shape index (κ1) is 14.4. The number of nitrogens with zero attached hydrogens (tertiary/aromatic N) is 2. The molecule has 2 rings (SSSR count). The van der Waals surface area contributed by atoms with Crippen molar-refractivity contribution in [3.63, 3.8) is 0 Å². The molecule has 0 aliphatic carbocycles. The van der Waals surface area contributed by atoms with Crippen molar-refractivity contribution in [3.05, 3.63) is 35.1 Å². The number of nitrogens with one attached hydrogen (secondary N) is 1. The van der Waals surface area contributed by atoms with Crippen LogP contribution in [0.1, 0.15) is 5.01 Å². The quantitative estimate of drug-likeness (QED) is 0.837. The van der Waals surface area contributed by atoms with Crippen molar-refractivity contribution in [1.29, 1.82) is 0 Å². The third kappa shape index (κ3) is 3.97. The van der Waals surface area contributed by atoms with Crippen molar-refractivity contribution in [1.82, 2.24) is 10.2 Å². The van der Waals surface area contributed by atoms with Gasteiger partial charge in [0, 0.05) is 13.0 Å². The van der Waals surface area contributed by atoms with E-state index in [9.17, 15) is 9.18 Å². The Labute approximate surface area is 118 Å². The number of carbonyl (C=O) groups is 1. The Bertz CT molecular complexity index is 591. The summed E-state index contributed by atoms with van der Waals surface area (Å²) in [5.74, 6) is -0.970. The van der Waals surface area contributed by atoms with Crippen LogP contribution in [0.2, 0.25) is 0 Å². The van der Waals surface area contributed by atoms with Crippen molar-refractivity contribution in [2.45, 2.75) is 6.42 Å². The molecular weight excluding hydrogens is 285 g/mol. The van der Waals surface area contributed by atoms with Crippen molar-refractivity contribution < 1.29 is 19.0 Å². The number of halogens is 1. The summed E-state index contributed by atoms with van der Waals surface area (Å²) < 4.78 is 18.3. The molecule has 0 unspecified atom stereocenters. The Kier molecular flexibility index (Phi) is 4.97. The minimum absolute atomic E-state index is 0.0147. The van der Waals surface area contributed by atoms with Gasteiger partial charge in [0.25, 0.3) is 5.91 Å². The average molecular weight is 297 g/mol. The van der Waals surface area contributed by atoms with Crippen LogP contribution < -0.4 is 10.1 Å². The largest absolute Gasteiger partial charge is 0.481 e. The van der Waals surface area contributed by atoms with Gasteiger partial charge in [-0.2, -0.15) is 0 Å². The van der Waals surface area contributed by atoms with Crippen molar-refractivity contribution in [2.75, 3.05) is 18.5 Å². The molecule has 20 heavy (non-hydrogen) atoms. The number of aliphatic hydroxyl groups excluding tert-OH is 1. The Balaban J connectivity index is 1.84. The fraction of sp³-hybridized carbons (Fsp3) is 0.250. The first-order valence-corrected chi connectivity index (χ1v) is 6.61. The lowest BCUT2D eigenvalue weighted by Gasteiger charge is -2.05. The van der Waals surface area contributed by atoms with E-state index in [2.05, 4.69) is 15.5 Å². The van der Waals surface area contributed by atoms with Gasteiger partial charge in [-0.3, -0.25) is 10.1 Å². The van der Waals surface area contributed by atoms with Crippen LogP contribution in [0.4, 0.5) is 9.52 Å². The Morgan fingerprint density at radius 3 is 2.95 bits per heavy atom. The monoisotopic (exact) mass is 297 g/mol. The summed E-state index contributed by atoms with van der Waals surface area (Å²) in [5.41, 5.74) is 0. The molecule has 1 amide bonds. The maximum absolute atomic E-state index is 13.3. The van der Waals surface area contributed by atoms with E-state index in [1.165, 1.54) is 29.5 Å². The molecule has 2 aromatic rings. The summed E-state index contributed by atoms with van der Waals surface area (Å²) in [7, 11) is 0. The molecule has 0 bridgehead atoms. The average Bonchev–Trinajstić information content (AvgIpc) is 2.85. The topological polar surface area (TPSA) is 84.3 Å². The Hall–Kier alpha value is -2.06. The van der Waals surface area contributed by atoms with Crippen LogP contribution in [-0.2, 0) is 11.2 Å². The van der Waals surface area contributed by atoms with E-state index in [-0.39, 0.29) is 19.0 Å². The van der Waals surface area contributed by atoms with Gasteiger partial charge in [0.15, 0.2) is 18.2 Å². The second-order valence-electron chi connectivity index (χ2n) is 3.74. The summed E-state index contributed by atoms with van der Waals surface area (Å²) in [5, 5.41) is 19.7. The maximum Gasteiger partial charge on any atom is 0.264 e. The summed E-state index contributed by atoms with van der Waals surface area (Å²) >= 11 is 1.17. The second kappa shape index (κ2) is 6.92. The maximum atomic E-state index is 13.3. The van der Waals surface area contributed by atoms with Crippen LogP contribution in [0.25, 0.3) is 0 Å². The molecule has 1 aromatic heterocycles. The zero-order valence-corrected chi connectivity index (χ0v) is 11.2. The SMILES string of the molecule is O=C(COc1ccccc1F)Nc1nnc(CCO)s1. The Morgan fingerprint density at radius 2 is 2.20 bits per heavy atom. The predicted octanol–water partition coefficient (Wildman–Crippen LogP) is 1.23. The minimum Gasteiger partial charge on any atom is -0.481 e. The molecule has 2 N–H and O–H groups in total. The second-order valence-corrected chi connectivity index (χ2v) is 4.80. The third-order valence-corrected chi connectivity index (χ3v) is 3.13. The number of benzene rings is 1. The molecule has 106 valence electrons. The molecule has 0 saturated carbocycles. The van der Waals surface area contributed by atoms with E-state index in [0.717, 1.165) is 0 Å². The first-order valence-electron chi connectivity index (χ1n) is 5.79. The number of para-hydroxylation sites is 1. The molecule has 0 saturated heterocycles. The number of aromatic nitrogens is 2. The number of rotatable bonds is 6. The van der Waals surface area contributed by atoms with Crippen molar-refractivity contribution in [2.24, 2.45) is 0 Å². The highest BCUT2D eigenvalue weighted by atomic mass is 32.1. The van der Waals surface area contributed by atoms with Gasteiger partial charge in [-0.15, -0.1) is 10.2 Å². The van der Waals surface area contributed by atoms with Gasteiger partial charge < -0.3 is 9.84 Å². The number of carbonyl (C=O) groups excluding carboxylic acids is 1. The number of anilines is 1. The lowest BCUT2D eigenvalue weighted by molar-refractivity contribution is -0.118. The molecule has 0 aliphatic heterocycles. The van der Waals surface area contributed by atoms with Gasteiger partial charge in [-0.25, -0.2) is 4.39 Å². The summed E-state index contributed by atoms with van der Waals surface area (Å²) in [6.45, 7) is -0.352. The third-order valence-electron chi connectivity index (χ3n) is 2.23.